The number of hydrogen-bond acceptors (Lipinski definition) is 9. The topological polar surface area (TPSA) is 183 Å². The van der Waals surface area contributed by atoms with Crippen LogP contribution in [0.1, 0.15) is 37.4 Å². The van der Waals surface area contributed by atoms with Crippen molar-refractivity contribution < 1.29 is 29.0 Å². The summed E-state index contributed by atoms with van der Waals surface area (Å²) in [6.07, 6.45) is 3.42. The maximum Gasteiger partial charge on any atom is 0.336 e. The zero-order valence-electron chi connectivity index (χ0n) is 23.0. The van der Waals surface area contributed by atoms with Gasteiger partial charge in [-0.3, -0.25) is 29.8 Å². The number of carbonyl (C=O) groups excluding carboxylic acids is 3. The standard InChI is InChI=1S/C31H23N5O8/c1-20-4-2-5-23(18-20)30(38)33-25-13-11-22(12-14-25)31(39)34-32-19-24-6-3-7-27(36(42)43)29(24)44-28(37)17-10-21-8-15-26(16-9-21)35(40)41/h2-19H,1H3,(H,33,38)(H,34,39)/b17-10+,32-19+. The molecule has 220 valence electrons. The fourth-order valence-corrected chi connectivity index (χ4v) is 3.82. The largest absolute Gasteiger partial charge is 0.415 e. The smallest absolute Gasteiger partial charge is 0.336 e. The van der Waals surface area contributed by atoms with Gasteiger partial charge in [-0.1, -0.05) is 23.8 Å². The van der Waals surface area contributed by atoms with Crippen LogP contribution in [0.2, 0.25) is 0 Å². The average molecular weight is 594 g/mol. The number of para-hydroxylation sites is 1. The van der Waals surface area contributed by atoms with Gasteiger partial charge in [0.05, 0.1) is 16.1 Å². The summed E-state index contributed by atoms with van der Waals surface area (Å²) in [5.41, 5.74) is 4.28. The predicted molar refractivity (Wildman–Crippen MR) is 161 cm³/mol. The molecule has 0 aliphatic heterocycles. The molecule has 0 spiro atoms. The summed E-state index contributed by atoms with van der Waals surface area (Å²) in [6, 6.07) is 22.4. The Labute approximate surface area is 249 Å². The quantitative estimate of drug-likeness (QED) is 0.0607. The number of hydrazone groups is 1. The molecule has 2 N–H and O–H groups in total. The van der Waals surface area contributed by atoms with Crippen LogP contribution >= 0.6 is 0 Å². The van der Waals surface area contributed by atoms with Crippen LogP contribution in [0.4, 0.5) is 17.1 Å². The number of anilines is 1. The fourth-order valence-electron chi connectivity index (χ4n) is 3.82. The zero-order valence-corrected chi connectivity index (χ0v) is 23.0. The van der Waals surface area contributed by atoms with Gasteiger partial charge in [0, 0.05) is 46.7 Å². The molecule has 0 aliphatic rings. The van der Waals surface area contributed by atoms with Crippen LogP contribution in [0.25, 0.3) is 6.08 Å². The van der Waals surface area contributed by atoms with Crippen LogP contribution in [-0.2, 0) is 4.79 Å². The molecule has 0 fully saturated rings. The lowest BCUT2D eigenvalue weighted by Gasteiger charge is -2.07. The molecule has 0 saturated carbocycles. The number of amides is 2. The van der Waals surface area contributed by atoms with E-state index in [1.165, 1.54) is 54.6 Å². The first kappa shape index (κ1) is 30.5. The third kappa shape index (κ3) is 8.04. The van der Waals surface area contributed by atoms with Gasteiger partial charge in [0.1, 0.15) is 0 Å². The highest BCUT2D eigenvalue weighted by molar-refractivity contribution is 6.04. The highest BCUT2D eigenvalue weighted by Gasteiger charge is 2.21. The van der Waals surface area contributed by atoms with E-state index in [-0.39, 0.29) is 22.7 Å². The average Bonchev–Trinajstić information content (AvgIpc) is 3.01. The molecule has 0 aliphatic carbocycles. The summed E-state index contributed by atoms with van der Waals surface area (Å²) in [5.74, 6) is -2.26. The summed E-state index contributed by atoms with van der Waals surface area (Å²) >= 11 is 0. The number of nitrogens with zero attached hydrogens (tertiary/aromatic N) is 3. The normalized spacial score (nSPS) is 10.8. The number of ether oxygens (including phenoxy) is 1. The third-order valence-electron chi connectivity index (χ3n) is 5.99. The van der Waals surface area contributed by atoms with Crippen molar-refractivity contribution in [2.75, 3.05) is 5.32 Å². The summed E-state index contributed by atoms with van der Waals surface area (Å²) in [5, 5.41) is 29.0. The molecule has 4 aromatic carbocycles. The molecular weight excluding hydrogens is 570 g/mol. The van der Waals surface area contributed by atoms with Crippen LogP contribution in [0.5, 0.6) is 5.75 Å². The lowest BCUT2D eigenvalue weighted by Crippen LogP contribution is -2.18. The maximum atomic E-state index is 12.6. The molecular formula is C31H23N5O8. The van der Waals surface area contributed by atoms with E-state index < -0.39 is 33.2 Å². The van der Waals surface area contributed by atoms with Crippen LogP contribution < -0.4 is 15.5 Å². The Balaban J connectivity index is 1.41. The molecule has 13 nitrogen and oxygen atoms in total. The van der Waals surface area contributed by atoms with E-state index in [9.17, 15) is 34.6 Å². The van der Waals surface area contributed by atoms with Crippen LogP contribution in [0.15, 0.2) is 102 Å². The Bertz CT molecular complexity index is 1800. The Morgan fingerprint density at radius 2 is 1.52 bits per heavy atom. The number of rotatable bonds is 10. The second-order valence-corrected chi connectivity index (χ2v) is 9.16. The van der Waals surface area contributed by atoms with E-state index in [4.69, 9.17) is 4.74 Å². The summed E-state index contributed by atoms with van der Waals surface area (Å²) in [7, 11) is 0. The minimum atomic E-state index is -0.953. The third-order valence-corrected chi connectivity index (χ3v) is 5.99. The summed E-state index contributed by atoms with van der Waals surface area (Å²) in [4.78, 5) is 58.6. The maximum absolute atomic E-state index is 12.6. The molecule has 44 heavy (non-hydrogen) atoms. The molecule has 4 aromatic rings. The number of hydrogen-bond donors (Lipinski definition) is 2. The fraction of sp³-hybridized carbons (Fsp3) is 0.0323. The first-order valence-corrected chi connectivity index (χ1v) is 12.8. The number of nitrogens with one attached hydrogen (secondary N) is 2. The monoisotopic (exact) mass is 593 g/mol. The Kier molecular flexibility index (Phi) is 9.63. The van der Waals surface area contributed by atoms with Gasteiger partial charge in [0.15, 0.2) is 0 Å². The molecule has 0 radical (unpaired) electrons. The first-order valence-electron chi connectivity index (χ1n) is 12.8. The van der Waals surface area contributed by atoms with Crippen molar-refractivity contribution in [1.29, 1.82) is 0 Å². The van der Waals surface area contributed by atoms with Gasteiger partial charge in [-0.05, 0) is 73.2 Å². The van der Waals surface area contributed by atoms with Gasteiger partial charge < -0.3 is 10.1 Å². The minimum absolute atomic E-state index is 0.0331. The molecule has 13 heteroatoms. The van der Waals surface area contributed by atoms with Crippen LogP contribution in [0, 0.1) is 27.2 Å². The molecule has 0 aromatic heterocycles. The molecule has 0 saturated heterocycles. The molecule has 0 heterocycles. The summed E-state index contributed by atoms with van der Waals surface area (Å²) in [6.45, 7) is 1.88. The number of carbonyl (C=O) groups is 3. The highest BCUT2D eigenvalue weighted by Crippen LogP contribution is 2.30. The van der Waals surface area contributed by atoms with E-state index in [1.807, 2.05) is 13.0 Å². The SMILES string of the molecule is Cc1cccc(C(=O)Nc2ccc(C(=O)N/N=C/c3cccc([N+](=O)[O-])c3OC(=O)/C=C/c3ccc([N+](=O)[O-])cc3)cc2)c1. The molecule has 0 atom stereocenters. The predicted octanol–water partition coefficient (Wildman–Crippen LogP) is 5.45. The van der Waals surface area contributed by atoms with Crippen LogP contribution in [-0.4, -0.2) is 33.8 Å². The number of esters is 1. The van der Waals surface area contributed by atoms with Crippen molar-refractivity contribution >= 4 is 47.1 Å². The number of aryl methyl sites for hydroxylation is 1. The molecule has 0 bridgehead atoms. The van der Waals surface area contributed by atoms with E-state index in [1.54, 1.807) is 30.3 Å². The van der Waals surface area contributed by atoms with Gasteiger partial charge in [0.2, 0.25) is 5.75 Å². The lowest BCUT2D eigenvalue weighted by molar-refractivity contribution is -0.385. The van der Waals surface area contributed by atoms with Crippen molar-refractivity contribution in [1.82, 2.24) is 5.43 Å². The first-order chi connectivity index (χ1) is 21.1. The molecule has 4 rings (SSSR count). The lowest BCUT2D eigenvalue weighted by atomic mass is 10.1. The van der Waals surface area contributed by atoms with E-state index in [2.05, 4.69) is 15.8 Å². The summed E-state index contributed by atoms with van der Waals surface area (Å²) < 4.78 is 5.23. The zero-order chi connectivity index (χ0) is 31.6. The van der Waals surface area contributed by atoms with Crippen molar-refractivity contribution in [3.8, 4) is 5.75 Å². The second-order valence-electron chi connectivity index (χ2n) is 9.16. The number of benzene rings is 4. The van der Waals surface area contributed by atoms with Crippen molar-refractivity contribution in [3.05, 3.63) is 145 Å². The molecule has 2 amide bonds. The van der Waals surface area contributed by atoms with Gasteiger partial charge >= 0.3 is 11.7 Å². The van der Waals surface area contributed by atoms with Gasteiger partial charge in [-0.15, -0.1) is 0 Å². The highest BCUT2D eigenvalue weighted by atomic mass is 16.6. The Morgan fingerprint density at radius 3 is 2.18 bits per heavy atom. The van der Waals surface area contributed by atoms with Crippen LogP contribution in [0.3, 0.4) is 0 Å². The number of nitro groups is 2. The number of nitro benzene ring substituents is 2. The second kappa shape index (κ2) is 13.9. The Morgan fingerprint density at radius 1 is 0.818 bits per heavy atom. The van der Waals surface area contributed by atoms with Crippen molar-refractivity contribution in [3.63, 3.8) is 0 Å². The van der Waals surface area contributed by atoms with E-state index >= 15 is 0 Å². The van der Waals surface area contributed by atoms with Gasteiger partial charge in [0.25, 0.3) is 17.5 Å². The van der Waals surface area contributed by atoms with Crippen molar-refractivity contribution in [2.45, 2.75) is 6.92 Å². The number of non-ortho nitro benzene ring substituents is 1. The van der Waals surface area contributed by atoms with Gasteiger partial charge in [-0.2, -0.15) is 5.10 Å². The Hall–Kier alpha value is -6.50. The van der Waals surface area contributed by atoms with Crippen molar-refractivity contribution in [2.24, 2.45) is 5.10 Å². The molecule has 0 unspecified atom stereocenters. The van der Waals surface area contributed by atoms with Gasteiger partial charge in [-0.25, -0.2) is 10.2 Å². The van der Waals surface area contributed by atoms with E-state index in [0.29, 0.717) is 16.8 Å². The van der Waals surface area contributed by atoms with E-state index in [0.717, 1.165) is 23.9 Å². The minimum Gasteiger partial charge on any atom is -0.415 e.